The molecule has 2 heterocycles. The van der Waals surface area contributed by atoms with Crippen LogP contribution in [0.5, 0.6) is 5.75 Å². The van der Waals surface area contributed by atoms with E-state index in [0.717, 1.165) is 32.6 Å². The molecule has 3 aromatic rings. The number of hydrogen-bond acceptors (Lipinski definition) is 3. The van der Waals surface area contributed by atoms with Crippen molar-refractivity contribution in [1.29, 1.82) is 0 Å². The SMILES string of the molecule is CC.CC.COc1cc2c(nc1-c1cccc(C)c1C)c(Br)nn2C(C)(C)C. The summed E-state index contributed by atoms with van der Waals surface area (Å²) in [6.07, 6.45) is 0. The molecule has 3 rings (SSSR count). The van der Waals surface area contributed by atoms with Crippen LogP contribution in [0.1, 0.15) is 59.6 Å². The third kappa shape index (κ3) is 4.75. The predicted octanol–water partition coefficient (Wildman–Crippen LogP) is 7.29. The normalized spacial score (nSPS) is 10.7. The Bertz CT molecular complexity index is 924. The maximum absolute atomic E-state index is 5.66. The summed E-state index contributed by atoms with van der Waals surface area (Å²) in [6.45, 7) is 18.6. The Hall–Kier alpha value is -1.88. The van der Waals surface area contributed by atoms with Crippen molar-refractivity contribution in [3.8, 4) is 17.0 Å². The number of halogens is 1. The maximum atomic E-state index is 5.66. The minimum absolute atomic E-state index is 0.141. The summed E-state index contributed by atoms with van der Waals surface area (Å²) in [4.78, 5) is 4.90. The molecule has 0 saturated carbocycles. The highest BCUT2D eigenvalue weighted by Gasteiger charge is 2.23. The number of nitrogens with zero attached hydrogens (tertiary/aromatic N) is 3. The number of aryl methyl sites for hydroxylation is 1. The van der Waals surface area contributed by atoms with Crippen LogP contribution in [0, 0.1) is 13.8 Å². The number of ether oxygens (including phenoxy) is 1. The average Bonchev–Trinajstić information content (AvgIpc) is 3.02. The van der Waals surface area contributed by atoms with E-state index >= 15 is 0 Å². The largest absolute Gasteiger partial charge is 0.494 e. The molecule has 0 fully saturated rings. The van der Waals surface area contributed by atoms with Gasteiger partial charge in [-0.05, 0) is 61.7 Å². The lowest BCUT2D eigenvalue weighted by Crippen LogP contribution is -2.22. The summed E-state index contributed by atoms with van der Waals surface area (Å²) < 4.78 is 8.39. The third-order valence-corrected chi connectivity index (χ3v) is 4.83. The zero-order chi connectivity index (χ0) is 21.6. The zero-order valence-corrected chi connectivity index (χ0v) is 20.5. The molecule has 0 amide bonds. The molecule has 4 nitrogen and oxygen atoms in total. The Kier molecular flexibility index (Phi) is 8.68. The lowest BCUT2D eigenvalue weighted by Gasteiger charge is -2.20. The van der Waals surface area contributed by atoms with E-state index in [4.69, 9.17) is 9.72 Å². The van der Waals surface area contributed by atoms with Crippen LogP contribution in [0.3, 0.4) is 0 Å². The number of fused-ring (bicyclic) bond motifs is 1. The molecule has 0 aliphatic heterocycles. The van der Waals surface area contributed by atoms with Gasteiger partial charge in [-0.2, -0.15) is 5.10 Å². The van der Waals surface area contributed by atoms with Gasteiger partial charge in [-0.25, -0.2) is 4.98 Å². The van der Waals surface area contributed by atoms with Crippen LogP contribution in [-0.4, -0.2) is 21.9 Å². The van der Waals surface area contributed by atoms with Crippen molar-refractivity contribution in [3.05, 3.63) is 40.0 Å². The molecule has 0 aliphatic carbocycles. The number of pyridine rings is 1. The molecule has 0 N–H and O–H groups in total. The van der Waals surface area contributed by atoms with Crippen molar-refractivity contribution in [3.63, 3.8) is 0 Å². The van der Waals surface area contributed by atoms with Crippen LogP contribution >= 0.6 is 15.9 Å². The summed E-state index contributed by atoms with van der Waals surface area (Å²) in [6, 6.07) is 8.28. The van der Waals surface area contributed by atoms with Gasteiger partial charge in [0.1, 0.15) is 17.0 Å². The fourth-order valence-electron chi connectivity index (χ4n) is 2.85. The molecule has 0 saturated heterocycles. The molecule has 154 valence electrons. The van der Waals surface area contributed by atoms with Crippen molar-refractivity contribution >= 4 is 27.0 Å². The van der Waals surface area contributed by atoms with Crippen molar-refractivity contribution in [1.82, 2.24) is 14.8 Å². The maximum Gasteiger partial charge on any atom is 0.154 e. The quantitative estimate of drug-likeness (QED) is 0.413. The lowest BCUT2D eigenvalue weighted by atomic mass is 10.00. The molecule has 0 radical (unpaired) electrons. The first-order chi connectivity index (χ1) is 13.2. The van der Waals surface area contributed by atoms with Crippen LogP contribution in [0.15, 0.2) is 28.9 Å². The predicted molar refractivity (Wildman–Crippen MR) is 124 cm³/mol. The van der Waals surface area contributed by atoms with Gasteiger partial charge in [-0.1, -0.05) is 45.9 Å². The minimum atomic E-state index is -0.141. The fraction of sp³-hybridized carbons (Fsp3) is 0.478. The fourth-order valence-corrected chi connectivity index (χ4v) is 3.31. The summed E-state index contributed by atoms with van der Waals surface area (Å²) in [7, 11) is 1.68. The Labute approximate surface area is 178 Å². The van der Waals surface area contributed by atoms with E-state index < -0.39 is 0 Å². The van der Waals surface area contributed by atoms with Crippen LogP contribution in [0.2, 0.25) is 0 Å². The van der Waals surface area contributed by atoms with Crippen molar-refractivity contribution in [2.45, 2.75) is 67.9 Å². The Balaban J connectivity index is 0.000000921. The van der Waals surface area contributed by atoms with E-state index in [1.807, 2.05) is 38.4 Å². The summed E-state index contributed by atoms with van der Waals surface area (Å²) in [5, 5.41) is 4.63. The van der Waals surface area contributed by atoms with Gasteiger partial charge in [0.25, 0.3) is 0 Å². The minimum Gasteiger partial charge on any atom is -0.494 e. The van der Waals surface area contributed by atoms with E-state index in [2.05, 4.69) is 73.8 Å². The molecule has 0 bridgehead atoms. The second-order valence-electron chi connectivity index (χ2n) is 7.03. The topological polar surface area (TPSA) is 39.9 Å². The third-order valence-electron chi connectivity index (χ3n) is 4.29. The lowest BCUT2D eigenvalue weighted by molar-refractivity contribution is 0.366. The molecule has 0 unspecified atom stereocenters. The van der Waals surface area contributed by atoms with E-state index in [1.54, 1.807) is 7.11 Å². The number of aromatic nitrogens is 3. The van der Waals surface area contributed by atoms with Crippen molar-refractivity contribution in [2.75, 3.05) is 7.11 Å². The number of methoxy groups -OCH3 is 1. The molecule has 1 aromatic carbocycles. The highest BCUT2D eigenvalue weighted by atomic mass is 79.9. The molecule has 0 aliphatic rings. The number of hydrogen-bond donors (Lipinski definition) is 0. The van der Waals surface area contributed by atoms with Crippen molar-refractivity contribution < 1.29 is 4.74 Å². The van der Waals surface area contributed by atoms with E-state index in [1.165, 1.54) is 11.1 Å². The molecule has 5 heteroatoms. The Morgan fingerprint density at radius 2 is 1.64 bits per heavy atom. The first-order valence-corrected chi connectivity index (χ1v) is 10.7. The zero-order valence-electron chi connectivity index (χ0n) is 18.9. The van der Waals surface area contributed by atoms with Gasteiger partial charge in [-0.15, -0.1) is 0 Å². The summed E-state index contributed by atoms with van der Waals surface area (Å²) >= 11 is 3.56. The first kappa shape index (κ1) is 24.2. The number of rotatable bonds is 2. The van der Waals surface area contributed by atoms with E-state index in [0.29, 0.717) is 0 Å². The van der Waals surface area contributed by atoms with Gasteiger partial charge >= 0.3 is 0 Å². The van der Waals surface area contributed by atoms with Gasteiger partial charge in [0, 0.05) is 11.6 Å². The van der Waals surface area contributed by atoms with E-state index in [9.17, 15) is 0 Å². The second-order valence-corrected chi connectivity index (χ2v) is 7.78. The smallest absolute Gasteiger partial charge is 0.154 e. The summed E-state index contributed by atoms with van der Waals surface area (Å²) in [5.74, 6) is 0.758. The van der Waals surface area contributed by atoms with Crippen LogP contribution in [-0.2, 0) is 5.54 Å². The molecule has 2 aromatic heterocycles. The van der Waals surface area contributed by atoms with Gasteiger partial charge in [-0.3, -0.25) is 4.68 Å². The summed E-state index contributed by atoms with van der Waals surface area (Å²) in [5.41, 5.74) is 6.05. The molecular weight excluding hydrogens is 414 g/mol. The molecule has 0 spiro atoms. The Morgan fingerprint density at radius 3 is 2.18 bits per heavy atom. The average molecular weight is 448 g/mol. The molecule has 0 atom stereocenters. The monoisotopic (exact) mass is 447 g/mol. The van der Waals surface area contributed by atoms with Crippen LogP contribution in [0.25, 0.3) is 22.3 Å². The van der Waals surface area contributed by atoms with Crippen LogP contribution < -0.4 is 4.74 Å². The van der Waals surface area contributed by atoms with Gasteiger partial charge in [0.2, 0.25) is 0 Å². The highest BCUT2D eigenvalue weighted by molar-refractivity contribution is 9.10. The molecule has 28 heavy (non-hydrogen) atoms. The van der Waals surface area contributed by atoms with Gasteiger partial charge in [0.05, 0.1) is 18.2 Å². The second kappa shape index (κ2) is 10.1. The van der Waals surface area contributed by atoms with Crippen LogP contribution in [0.4, 0.5) is 0 Å². The molecular formula is C23H34BrN3O. The van der Waals surface area contributed by atoms with Gasteiger partial charge < -0.3 is 4.74 Å². The van der Waals surface area contributed by atoms with Crippen molar-refractivity contribution in [2.24, 2.45) is 0 Å². The Morgan fingerprint density at radius 1 is 1.04 bits per heavy atom. The highest BCUT2D eigenvalue weighted by Crippen LogP contribution is 2.37. The standard InChI is InChI=1S/C19H22BrN3O.2C2H6/c1-11-8-7-9-13(12(11)2)16-15(24-6)10-14-17(21-16)18(20)22-23(14)19(3,4)5;2*1-2/h7-10H,1-6H3;2*1-2H3. The van der Waals surface area contributed by atoms with E-state index in [-0.39, 0.29) is 5.54 Å². The first-order valence-electron chi connectivity index (χ1n) is 9.94. The van der Waals surface area contributed by atoms with Gasteiger partial charge in [0.15, 0.2) is 4.60 Å². The number of benzene rings is 1.